The minimum Gasteiger partial charge on any atom is -0.302 e. The maximum absolute atomic E-state index is 3.69. The van der Waals surface area contributed by atoms with E-state index < -0.39 is 0 Å². The van der Waals surface area contributed by atoms with Gasteiger partial charge in [-0.1, -0.05) is 18.6 Å². The average molecular weight is 263 g/mol. The first-order valence-electron chi connectivity index (χ1n) is 8.06. The Balaban J connectivity index is 1.74. The van der Waals surface area contributed by atoms with Gasteiger partial charge in [0.15, 0.2) is 0 Å². The second-order valence-electron chi connectivity index (χ2n) is 6.99. The van der Waals surface area contributed by atoms with E-state index in [4.69, 9.17) is 0 Å². The topological polar surface area (TPSA) is 27.3 Å². The van der Waals surface area contributed by atoms with Crippen molar-refractivity contribution in [2.75, 3.05) is 26.2 Å². The Morgan fingerprint density at radius 3 is 2.95 bits per heavy atom. The number of rotatable bonds is 2. The summed E-state index contributed by atoms with van der Waals surface area (Å²) >= 11 is 0. The zero-order valence-electron chi connectivity index (χ0n) is 12.7. The van der Waals surface area contributed by atoms with Gasteiger partial charge in [-0.2, -0.15) is 0 Å². The van der Waals surface area contributed by atoms with E-state index >= 15 is 0 Å². The third-order valence-electron chi connectivity index (χ3n) is 5.19. The van der Waals surface area contributed by atoms with Crippen LogP contribution in [0.15, 0.2) is 11.6 Å². The molecule has 0 saturated carbocycles. The van der Waals surface area contributed by atoms with Crippen molar-refractivity contribution in [1.29, 1.82) is 0 Å². The van der Waals surface area contributed by atoms with Crippen molar-refractivity contribution in [2.24, 2.45) is 17.8 Å². The fourth-order valence-corrected chi connectivity index (χ4v) is 4.16. The second-order valence-corrected chi connectivity index (χ2v) is 6.99. The smallest absolute Gasteiger partial charge is 0.0607 e. The molecule has 0 aromatic rings. The fourth-order valence-electron chi connectivity index (χ4n) is 4.16. The first kappa shape index (κ1) is 13.6. The lowest BCUT2D eigenvalue weighted by molar-refractivity contribution is 0.192. The highest BCUT2D eigenvalue weighted by Gasteiger charge is 2.40. The number of nitrogens with one attached hydrogen (secondary N) is 2. The summed E-state index contributed by atoms with van der Waals surface area (Å²) in [4.78, 5) is 2.64. The molecule has 3 heteroatoms. The summed E-state index contributed by atoms with van der Waals surface area (Å²) in [5.74, 6) is 2.29. The van der Waals surface area contributed by atoms with E-state index in [1.54, 1.807) is 5.57 Å². The van der Waals surface area contributed by atoms with Crippen LogP contribution in [0.25, 0.3) is 0 Å². The van der Waals surface area contributed by atoms with Crippen molar-refractivity contribution >= 4 is 0 Å². The Bertz CT molecular complexity index is 350. The Morgan fingerprint density at radius 2 is 2.16 bits per heavy atom. The van der Waals surface area contributed by atoms with Crippen LogP contribution in [0.5, 0.6) is 0 Å². The van der Waals surface area contributed by atoms with Gasteiger partial charge in [0.05, 0.1) is 6.17 Å². The van der Waals surface area contributed by atoms with Crippen molar-refractivity contribution in [3.63, 3.8) is 0 Å². The first-order valence-corrected chi connectivity index (χ1v) is 8.06. The molecular weight excluding hydrogens is 234 g/mol. The van der Waals surface area contributed by atoms with Crippen LogP contribution in [0.3, 0.4) is 0 Å². The number of fused-ring (bicyclic) bond motifs is 1. The summed E-state index contributed by atoms with van der Waals surface area (Å²) < 4.78 is 0. The quantitative estimate of drug-likeness (QED) is 0.744. The van der Waals surface area contributed by atoms with Crippen LogP contribution in [-0.2, 0) is 0 Å². The third-order valence-corrected chi connectivity index (χ3v) is 5.19. The Hall–Kier alpha value is -0.380. The maximum Gasteiger partial charge on any atom is 0.0607 e. The molecular formula is C16H29N3. The predicted octanol–water partition coefficient (Wildman–Crippen LogP) is 1.82. The molecule has 0 aliphatic carbocycles. The SMILES string of the molecule is CC(C)N1CC(C2CNC3NCCCC32)=C[C@@H](C)C1. The first-order chi connectivity index (χ1) is 9.15. The number of nitrogens with zero attached hydrogens (tertiary/aromatic N) is 1. The van der Waals surface area contributed by atoms with Crippen LogP contribution in [0, 0.1) is 17.8 Å². The van der Waals surface area contributed by atoms with E-state index in [0.717, 1.165) is 11.8 Å². The lowest BCUT2D eigenvalue weighted by Crippen LogP contribution is -2.46. The van der Waals surface area contributed by atoms with E-state index in [9.17, 15) is 0 Å². The molecule has 2 N–H and O–H groups in total. The Labute approximate surface area is 117 Å². The van der Waals surface area contributed by atoms with E-state index in [2.05, 4.69) is 42.4 Å². The number of piperidine rings is 1. The van der Waals surface area contributed by atoms with Gasteiger partial charge in [-0.05, 0) is 51.0 Å². The largest absolute Gasteiger partial charge is 0.302 e. The van der Waals surface area contributed by atoms with Crippen LogP contribution < -0.4 is 10.6 Å². The summed E-state index contributed by atoms with van der Waals surface area (Å²) in [7, 11) is 0. The van der Waals surface area contributed by atoms with Gasteiger partial charge in [-0.15, -0.1) is 0 Å². The van der Waals surface area contributed by atoms with Crippen LogP contribution in [-0.4, -0.2) is 43.3 Å². The molecule has 0 bridgehead atoms. The average Bonchev–Trinajstić information content (AvgIpc) is 2.81. The maximum atomic E-state index is 3.69. The molecule has 3 aliphatic rings. The minimum absolute atomic E-state index is 0.574. The van der Waals surface area contributed by atoms with Crippen LogP contribution in [0.4, 0.5) is 0 Å². The standard InChI is InChI=1S/C16H29N3/c1-11(2)19-9-12(3)7-13(10-19)15-8-18-16-14(15)5-4-6-17-16/h7,11-12,14-18H,4-6,8-10H2,1-3H3/t12-,14?,15?,16?/m1/s1. The molecule has 0 spiro atoms. The van der Waals surface area contributed by atoms with Gasteiger partial charge < -0.3 is 10.6 Å². The third kappa shape index (κ3) is 2.74. The summed E-state index contributed by atoms with van der Waals surface area (Å²) in [6.45, 7) is 11.8. The van der Waals surface area contributed by atoms with Crippen LogP contribution in [0.2, 0.25) is 0 Å². The molecule has 19 heavy (non-hydrogen) atoms. The van der Waals surface area contributed by atoms with E-state index in [-0.39, 0.29) is 0 Å². The summed E-state index contributed by atoms with van der Waals surface area (Å²) in [5, 5.41) is 7.34. The van der Waals surface area contributed by atoms with Crippen molar-refractivity contribution in [3.8, 4) is 0 Å². The van der Waals surface area contributed by atoms with Crippen molar-refractivity contribution in [3.05, 3.63) is 11.6 Å². The molecule has 0 amide bonds. The zero-order valence-corrected chi connectivity index (χ0v) is 12.7. The highest BCUT2D eigenvalue weighted by atomic mass is 15.2. The summed E-state index contributed by atoms with van der Waals surface area (Å²) in [5.41, 5.74) is 1.70. The summed E-state index contributed by atoms with van der Waals surface area (Å²) in [6.07, 6.45) is 5.88. The number of hydrogen-bond acceptors (Lipinski definition) is 3. The molecule has 2 fully saturated rings. The highest BCUT2D eigenvalue weighted by Crippen LogP contribution is 2.35. The van der Waals surface area contributed by atoms with Gasteiger partial charge in [0.2, 0.25) is 0 Å². The summed E-state index contributed by atoms with van der Waals surface area (Å²) in [6, 6.07) is 0.667. The monoisotopic (exact) mass is 263 g/mol. The Morgan fingerprint density at radius 1 is 1.32 bits per heavy atom. The van der Waals surface area contributed by atoms with E-state index in [1.165, 1.54) is 39.0 Å². The van der Waals surface area contributed by atoms with Gasteiger partial charge in [0.25, 0.3) is 0 Å². The fraction of sp³-hybridized carbons (Fsp3) is 0.875. The van der Waals surface area contributed by atoms with Gasteiger partial charge in [0.1, 0.15) is 0 Å². The van der Waals surface area contributed by atoms with Gasteiger partial charge in [0, 0.05) is 25.7 Å². The van der Waals surface area contributed by atoms with Gasteiger partial charge in [-0.3, -0.25) is 4.90 Å². The minimum atomic E-state index is 0.574. The molecule has 3 unspecified atom stereocenters. The van der Waals surface area contributed by atoms with Gasteiger partial charge in [-0.25, -0.2) is 0 Å². The Kier molecular flexibility index (Phi) is 3.97. The molecule has 0 radical (unpaired) electrons. The predicted molar refractivity (Wildman–Crippen MR) is 80.0 cm³/mol. The zero-order chi connectivity index (χ0) is 13.4. The van der Waals surface area contributed by atoms with E-state index in [1.807, 2.05) is 0 Å². The van der Waals surface area contributed by atoms with Crippen molar-refractivity contribution in [1.82, 2.24) is 15.5 Å². The lowest BCUT2D eigenvalue weighted by atomic mass is 9.80. The van der Waals surface area contributed by atoms with E-state index in [0.29, 0.717) is 18.1 Å². The molecule has 4 atom stereocenters. The molecule has 3 aliphatic heterocycles. The molecule has 108 valence electrons. The molecule has 2 saturated heterocycles. The van der Waals surface area contributed by atoms with Crippen LogP contribution >= 0.6 is 0 Å². The van der Waals surface area contributed by atoms with Crippen LogP contribution in [0.1, 0.15) is 33.6 Å². The van der Waals surface area contributed by atoms with Gasteiger partial charge >= 0.3 is 0 Å². The molecule has 3 heterocycles. The molecule has 0 aromatic carbocycles. The molecule has 0 aromatic heterocycles. The number of hydrogen-bond donors (Lipinski definition) is 2. The molecule has 3 rings (SSSR count). The lowest BCUT2D eigenvalue weighted by Gasteiger charge is -2.38. The van der Waals surface area contributed by atoms with Crippen molar-refractivity contribution in [2.45, 2.75) is 45.8 Å². The highest BCUT2D eigenvalue weighted by molar-refractivity contribution is 5.19. The molecule has 3 nitrogen and oxygen atoms in total. The normalized spacial score (nSPS) is 40.3. The van der Waals surface area contributed by atoms with Crippen molar-refractivity contribution < 1.29 is 0 Å². The second kappa shape index (κ2) is 5.55.